The number of ether oxygens (including phenoxy) is 3. The second-order valence-corrected chi connectivity index (χ2v) is 19.2. The van der Waals surface area contributed by atoms with Gasteiger partial charge in [-0.05, 0) is 88.2 Å². The lowest BCUT2D eigenvalue weighted by Gasteiger charge is -2.27. The number of para-hydroxylation sites is 2. The largest absolute Gasteiger partial charge is 0.508 e. The van der Waals surface area contributed by atoms with Crippen LogP contribution in [0.3, 0.4) is 0 Å². The van der Waals surface area contributed by atoms with Gasteiger partial charge in [-0.1, -0.05) is 109 Å². The molecule has 0 unspecified atom stereocenters. The van der Waals surface area contributed by atoms with Gasteiger partial charge >= 0.3 is 24.2 Å². The molecule has 3 aliphatic carbocycles. The molecule has 0 spiro atoms. The number of fused-ring (bicyclic) bond motifs is 7. The highest BCUT2D eigenvalue weighted by Gasteiger charge is 2.39. The van der Waals surface area contributed by atoms with Crippen molar-refractivity contribution < 1.29 is 57.7 Å². The molecule has 0 bridgehead atoms. The summed E-state index contributed by atoms with van der Waals surface area (Å²) in [5.74, 6) is -4.32. The highest BCUT2D eigenvalue weighted by atomic mass is 16.7. The lowest BCUT2D eigenvalue weighted by Crippen LogP contribution is -2.55. The molecule has 7 amide bonds. The zero-order chi connectivity index (χ0) is 54.0. The molecule has 1 fully saturated rings. The topological polar surface area (TPSA) is 263 Å². The average Bonchev–Trinajstić information content (AvgIpc) is 3.95. The highest BCUT2D eigenvalue weighted by Crippen LogP contribution is 2.46. The minimum Gasteiger partial charge on any atom is -0.481 e. The van der Waals surface area contributed by atoms with Crippen molar-refractivity contribution in [3.8, 4) is 22.3 Å². The maximum atomic E-state index is 14.8. The minimum atomic E-state index is -1.55. The summed E-state index contributed by atoms with van der Waals surface area (Å²) in [4.78, 5) is 109. The van der Waals surface area contributed by atoms with E-state index in [0.717, 1.165) is 73.4 Å². The van der Waals surface area contributed by atoms with E-state index >= 15 is 0 Å². The molecule has 9 rings (SSSR count). The van der Waals surface area contributed by atoms with Gasteiger partial charge in [0, 0.05) is 37.6 Å². The molecular formula is C57H58N8O12. The molecule has 0 aromatic heterocycles. The summed E-state index contributed by atoms with van der Waals surface area (Å²) in [7, 11) is 1.60. The fourth-order valence-electron chi connectivity index (χ4n) is 10.7. The maximum Gasteiger partial charge on any atom is 0.508 e. The lowest BCUT2D eigenvalue weighted by molar-refractivity contribution is -0.137. The van der Waals surface area contributed by atoms with Gasteiger partial charge in [-0.15, -0.1) is 0 Å². The molecule has 2 atom stereocenters. The van der Waals surface area contributed by atoms with Crippen LogP contribution in [0.4, 0.5) is 25.8 Å². The fraction of sp³-hybridized carbons (Fsp3) is 0.316. The number of benzene rings is 5. The van der Waals surface area contributed by atoms with Crippen LogP contribution >= 0.6 is 0 Å². The number of amides is 7. The number of hydrazone groups is 1. The first-order valence-corrected chi connectivity index (χ1v) is 25.5. The Morgan fingerprint density at radius 2 is 1.23 bits per heavy atom. The van der Waals surface area contributed by atoms with Crippen LogP contribution in [0.2, 0.25) is 0 Å². The van der Waals surface area contributed by atoms with E-state index in [0.29, 0.717) is 19.4 Å². The van der Waals surface area contributed by atoms with Gasteiger partial charge in [-0.25, -0.2) is 19.8 Å². The maximum absolute atomic E-state index is 14.8. The van der Waals surface area contributed by atoms with Gasteiger partial charge in [-0.3, -0.25) is 28.9 Å². The van der Waals surface area contributed by atoms with Crippen LogP contribution in [0.1, 0.15) is 66.2 Å². The SMILES string of the molecule is CNC(=O)C1CCC(CNC(=O)N/N=C/[C@H](CC(=O)O)NC(=O)CN2C(=O)[C@@H](NC(=O)OCC3c4ccccc4-c4ccccc43)CN(C(=O)COC(=O)OCC3c4ccccc4-c4ccccc43)c3ccccc32)CC1. The number of urea groups is 1. The molecule has 5 aromatic carbocycles. The number of rotatable bonds is 17. The van der Waals surface area contributed by atoms with Crippen molar-refractivity contribution in [1.82, 2.24) is 26.7 Å². The Labute approximate surface area is 443 Å². The molecule has 0 radical (unpaired) electrons. The monoisotopic (exact) mass is 1050 g/mol. The van der Waals surface area contributed by atoms with E-state index in [1.165, 1.54) is 12.1 Å². The second kappa shape index (κ2) is 24.1. The van der Waals surface area contributed by atoms with Crippen molar-refractivity contribution in [2.24, 2.45) is 16.9 Å². The van der Waals surface area contributed by atoms with Crippen LogP contribution in [0, 0.1) is 11.8 Å². The van der Waals surface area contributed by atoms with Gasteiger partial charge in [-0.2, -0.15) is 5.10 Å². The van der Waals surface area contributed by atoms with E-state index in [9.17, 15) is 43.5 Å². The zero-order valence-electron chi connectivity index (χ0n) is 42.1. The standard InChI is InChI=1S/C57H58N8O12/c1-58-53(70)35-24-22-34(23-25-35)27-59-55(72)63-60-28-36(26-52(68)69)61-50(66)30-65-49-21-11-10-20-48(49)64(51(67)33-77-57(74)76-32-46-43-18-8-4-14-39(43)40-15-5-9-19-44(40)46)29-47(54(65)71)62-56(73)75-31-45-41-16-6-2-12-37(41)38-13-3-7-17-42(38)45/h2-21,28,34-36,45-47H,22-27,29-33H2,1H3,(H,58,70)(H,61,66)(H,62,73)(H,68,69)(H2,59,63,72)/b60-28+/t34?,35?,36-,47-/m0/s1. The smallest absolute Gasteiger partial charge is 0.481 e. The van der Waals surface area contributed by atoms with E-state index in [1.807, 2.05) is 97.1 Å². The number of aliphatic carboxylic acids is 1. The zero-order valence-corrected chi connectivity index (χ0v) is 42.1. The third kappa shape index (κ3) is 12.2. The number of hydrogen-bond acceptors (Lipinski definition) is 12. The van der Waals surface area contributed by atoms with Crippen molar-refractivity contribution in [2.45, 2.75) is 56.0 Å². The summed E-state index contributed by atoms with van der Waals surface area (Å²) in [6.45, 7) is -1.91. The number of nitrogens with zero attached hydrogens (tertiary/aromatic N) is 3. The van der Waals surface area contributed by atoms with Crippen molar-refractivity contribution >= 4 is 65.5 Å². The van der Waals surface area contributed by atoms with E-state index in [1.54, 1.807) is 19.2 Å². The summed E-state index contributed by atoms with van der Waals surface area (Å²) >= 11 is 0. The summed E-state index contributed by atoms with van der Waals surface area (Å²) in [6.07, 6.45) is 1.16. The molecule has 1 aliphatic heterocycles. The predicted octanol–water partition coefficient (Wildman–Crippen LogP) is 6.04. The Hall–Kier alpha value is -9.07. The molecule has 1 saturated carbocycles. The van der Waals surface area contributed by atoms with Gasteiger partial charge in [0.05, 0.1) is 30.4 Å². The Kier molecular flexibility index (Phi) is 16.5. The average molecular weight is 1050 g/mol. The third-order valence-electron chi connectivity index (χ3n) is 14.5. The van der Waals surface area contributed by atoms with E-state index in [2.05, 4.69) is 31.8 Å². The van der Waals surface area contributed by atoms with Crippen LogP contribution in [0.15, 0.2) is 126 Å². The molecule has 20 nitrogen and oxygen atoms in total. The summed E-state index contributed by atoms with van der Waals surface area (Å²) < 4.78 is 16.8. The minimum absolute atomic E-state index is 0.00246. The molecule has 20 heteroatoms. The van der Waals surface area contributed by atoms with Gasteiger partial charge in [0.1, 0.15) is 25.8 Å². The Balaban J connectivity index is 0.884. The number of carbonyl (C=O) groups is 8. The summed E-state index contributed by atoms with van der Waals surface area (Å²) in [6, 6.07) is 33.8. The van der Waals surface area contributed by atoms with Gasteiger partial charge in [0.2, 0.25) is 11.8 Å². The normalized spacial score (nSPS) is 17.8. The lowest BCUT2D eigenvalue weighted by atomic mass is 9.81. The highest BCUT2D eigenvalue weighted by molar-refractivity contribution is 6.10. The molecule has 398 valence electrons. The van der Waals surface area contributed by atoms with Crippen molar-refractivity contribution in [3.05, 3.63) is 144 Å². The van der Waals surface area contributed by atoms with Crippen LogP contribution in [-0.4, -0.2) is 118 Å². The summed E-state index contributed by atoms with van der Waals surface area (Å²) in [5, 5.41) is 24.2. The molecule has 0 saturated heterocycles. The predicted molar refractivity (Wildman–Crippen MR) is 283 cm³/mol. The Bertz CT molecular complexity index is 3010. The van der Waals surface area contributed by atoms with Gasteiger partial charge in [0.15, 0.2) is 6.61 Å². The first kappa shape index (κ1) is 52.8. The van der Waals surface area contributed by atoms with Gasteiger partial charge < -0.3 is 45.5 Å². The first-order chi connectivity index (χ1) is 37.4. The number of carboxylic acids is 1. The quantitative estimate of drug-likeness (QED) is 0.0354. The number of nitrogens with one attached hydrogen (secondary N) is 5. The number of hydrogen-bond donors (Lipinski definition) is 6. The molecule has 6 N–H and O–H groups in total. The van der Waals surface area contributed by atoms with Crippen LogP contribution < -0.4 is 36.5 Å². The van der Waals surface area contributed by atoms with E-state index < -0.39 is 80.2 Å². The van der Waals surface area contributed by atoms with Gasteiger partial charge in [0.25, 0.3) is 11.8 Å². The van der Waals surface area contributed by atoms with Crippen LogP contribution in [0.25, 0.3) is 22.3 Å². The van der Waals surface area contributed by atoms with Crippen molar-refractivity contribution in [2.75, 3.05) is 56.3 Å². The number of carboxylic acid groups (broad SMARTS) is 1. The summed E-state index contributed by atoms with van der Waals surface area (Å²) in [5.41, 5.74) is 10.4. The first-order valence-electron chi connectivity index (χ1n) is 25.5. The number of carbonyl (C=O) groups excluding carboxylic acids is 7. The third-order valence-corrected chi connectivity index (χ3v) is 14.5. The molecule has 4 aliphatic rings. The fourth-order valence-corrected chi connectivity index (χ4v) is 10.7. The Morgan fingerprint density at radius 3 is 1.79 bits per heavy atom. The van der Waals surface area contributed by atoms with Crippen LogP contribution in [-0.2, 0) is 38.2 Å². The second-order valence-electron chi connectivity index (χ2n) is 19.2. The molecule has 77 heavy (non-hydrogen) atoms. The van der Waals surface area contributed by atoms with Crippen molar-refractivity contribution in [3.63, 3.8) is 0 Å². The Morgan fingerprint density at radius 1 is 0.701 bits per heavy atom. The van der Waals surface area contributed by atoms with E-state index in [4.69, 9.17) is 14.2 Å². The molecule has 5 aromatic rings. The molecular weight excluding hydrogens is 989 g/mol. The molecule has 1 heterocycles. The number of alkyl carbamates (subject to hydrolysis) is 1. The van der Waals surface area contributed by atoms with Crippen molar-refractivity contribution in [1.29, 1.82) is 0 Å². The number of anilines is 2. The van der Waals surface area contributed by atoms with Crippen LogP contribution in [0.5, 0.6) is 0 Å². The van der Waals surface area contributed by atoms with E-state index in [-0.39, 0.29) is 54.2 Å².